The summed E-state index contributed by atoms with van der Waals surface area (Å²) in [6.07, 6.45) is 6.09. The maximum absolute atomic E-state index is 5.51. The van der Waals surface area contributed by atoms with E-state index in [1.165, 1.54) is 0 Å². The Labute approximate surface area is 88.7 Å². The Bertz CT molecular complexity index is 356. The molecule has 0 saturated heterocycles. The lowest BCUT2D eigenvalue weighted by Crippen LogP contribution is -2.11. The third-order valence-electron chi connectivity index (χ3n) is 1.53. The van der Waals surface area contributed by atoms with Crippen molar-refractivity contribution >= 4 is 17.8 Å². The molecule has 0 atom stereocenters. The number of terminal acetylenes is 1. The Kier molecular flexibility index (Phi) is 4.16. The molecule has 4 N–H and O–H groups in total. The quantitative estimate of drug-likeness (QED) is 0.601. The fraction of sp³-hybridized carbons (Fsp3) is 0.444. The highest BCUT2D eigenvalue weighted by Gasteiger charge is 2.02. The van der Waals surface area contributed by atoms with E-state index in [0.29, 0.717) is 18.4 Å². The molecular formula is C9H14N6. The zero-order chi connectivity index (χ0) is 11.1. The predicted molar refractivity (Wildman–Crippen MR) is 60.3 cm³/mol. The van der Waals surface area contributed by atoms with E-state index < -0.39 is 0 Å². The van der Waals surface area contributed by atoms with Crippen LogP contribution in [0.25, 0.3) is 0 Å². The summed E-state index contributed by atoms with van der Waals surface area (Å²) in [5, 5.41) is 5.85. The molecule has 15 heavy (non-hydrogen) atoms. The summed E-state index contributed by atoms with van der Waals surface area (Å²) in [4.78, 5) is 11.9. The second-order valence-electron chi connectivity index (χ2n) is 2.83. The van der Waals surface area contributed by atoms with E-state index in [2.05, 4.69) is 38.4 Å². The molecule has 1 rings (SSSR count). The fourth-order valence-electron chi connectivity index (χ4n) is 0.917. The summed E-state index contributed by atoms with van der Waals surface area (Å²) in [7, 11) is 0. The summed E-state index contributed by atoms with van der Waals surface area (Å²) in [6, 6.07) is 0. The molecule has 6 heteroatoms. The van der Waals surface area contributed by atoms with Crippen LogP contribution in [0.1, 0.15) is 13.3 Å². The third kappa shape index (κ3) is 3.68. The Balaban J connectivity index is 2.71. The molecule has 1 aromatic heterocycles. The highest BCUT2D eigenvalue weighted by Crippen LogP contribution is 2.05. The van der Waals surface area contributed by atoms with E-state index in [-0.39, 0.29) is 5.95 Å². The normalized spacial score (nSPS) is 9.33. The fourth-order valence-corrected chi connectivity index (χ4v) is 0.917. The summed E-state index contributed by atoms with van der Waals surface area (Å²) in [6.45, 7) is 3.20. The topological polar surface area (TPSA) is 88.8 Å². The smallest absolute Gasteiger partial charge is 0.230 e. The van der Waals surface area contributed by atoms with Crippen LogP contribution in [0.4, 0.5) is 17.8 Å². The Morgan fingerprint density at radius 2 is 1.93 bits per heavy atom. The van der Waals surface area contributed by atoms with E-state index in [1.54, 1.807) is 0 Å². The van der Waals surface area contributed by atoms with E-state index >= 15 is 0 Å². The van der Waals surface area contributed by atoms with Crippen molar-refractivity contribution in [3.8, 4) is 12.3 Å². The summed E-state index contributed by atoms with van der Waals surface area (Å²) in [5.74, 6) is 3.45. The number of nitrogens with two attached hydrogens (primary N) is 1. The van der Waals surface area contributed by atoms with Crippen molar-refractivity contribution in [1.82, 2.24) is 15.0 Å². The molecule has 1 heterocycles. The highest BCUT2D eigenvalue weighted by atomic mass is 15.2. The second kappa shape index (κ2) is 5.65. The molecule has 1 aromatic rings. The Morgan fingerprint density at radius 3 is 2.53 bits per heavy atom. The van der Waals surface area contributed by atoms with Gasteiger partial charge >= 0.3 is 0 Å². The van der Waals surface area contributed by atoms with Crippen molar-refractivity contribution in [3.63, 3.8) is 0 Å². The van der Waals surface area contributed by atoms with Crippen LogP contribution in [0.5, 0.6) is 0 Å². The molecule has 80 valence electrons. The van der Waals surface area contributed by atoms with Crippen LogP contribution in [0, 0.1) is 12.3 Å². The molecule has 0 bridgehead atoms. The van der Waals surface area contributed by atoms with Crippen molar-refractivity contribution < 1.29 is 0 Å². The molecule has 6 nitrogen and oxygen atoms in total. The van der Waals surface area contributed by atoms with E-state index in [0.717, 1.165) is 13.0 Å². The molecule has 0 amide bonds. The number of nitrogen functional groups attached to an aromatic ring is 1. The van der Waals surface area contributed by atoms with Crippen LogP contribution >= 0.6 is 0 Å². The molecule has 0 radical (unpaired) electrons. The summed E-state index contributed by atoms with van der Waals surface area (Å²) < 4.78 is 0. The lowest BCUT2D eigenvalue weighted by molar-refractivity contribution is 0.941. The molecule has 0 saturated carbocycles. The van der Waals surface area contributed by atoms with Gasteiger partial charge in [0.15, 0.2) is 0 Å². The standard InChI is InChI=1S/C9H14N6/c1-3-5-11-8-13-7(10)14-9(15-8)12-6-4-2/h1H,4-6H2,2H3,(H4,10,11,12,13,14,15). The van der Waals surface area contributed by atoms with Crippen LogP contribution < -0.4 is 16.4 Å². The van der Waals surface area contributed by atoms with Crippen molar-refractivity contribution in [2.75, 3.05) is 29.5 Å². The third-order valence-corrected chi connectivity index (χ3v) is 1.53. The van der Waals surface area contributed by atoms with Gasteiger partial charge in [0.05, 0.1) is 6.54 Å². The van der Waals surface area contributed by atoms with Gasteiger partial charge in [-0.1, -0.05) is 12.8 Å². The maximum Gasteiger partial charge on any atom is 0.230 e. The van der Waals surface area contributed by atoms with Crippen LogP contribution in [-0.2, 0) is 0 Å². The van der Waals surface area contributed by atoms with Crippen molar-refractivity contribution in [2.24, 2.45) is 0 Å². The second-order valence-corrected chi connectivity index (χ2v) is 2.83. The molecule has 0 spiro atoms. The van der Waals surface area contributed by atoms with E-state index in [4.69, 9.17) is 12.2 Å². The Hall–Kier alpha value is -2.03. The summed E-state index contributed by atoms with van der Waals surface area (Å²) in [5.41, 5.74) is 5.51. The van der Waals surface area contributed by atoms with Gasteiger partial charge in [0.25, 0.3) is 0 Å². The van der Waals surface area contributed by atoms with Gasteiger partial charge in [-0.3, -0.25) is 0 Å². The lowest BCUT2D eigenvalue weighted by atomic mass is 10.5. The van der Waals surface area contributed by atoms with Crippen LogP contribution in [0.15, 0.2) is 0 Å². The predicted octanol–water partition coefficient (Wildman–Crippen LogP) is 0.321. The maximum atomic E-state index is 5.51. The van der Waals surface area contributed by atoms with E-state index in [1.807, 2.05) is 0 Å². The number of aromatic nitrogens is 3. The molecule has 0 aliphatic rings. The minimum atomic E-state index is 0.170. The van der Waals surface area contributed by atoms with Gasteiger partial charge < -0.3 is 16.4 Å². The van der Waals surface area contributed by atoms with Crippen LogP contribution in [0.3, 0.4) is 0 Å². The minimum absolute atomic E-state index is 0.170. The number of nitrogens with one attached hydrogen (secondary N) is 2. The number of hydrogen-bond donors (Lipinski definition) is 3. The van der Waals surface area contributed by atoms with Gasteiger partial charge in [-0.15, -0.1) is 6.42 Å². The lowest BCUT2D eigenvalue weighted by Gasteiger charge is -2.06. The van der Waals surface area contributed by atoms with Gasteiger partial charge in [0, 0.05) is 6.54 Å². The molecule has 0 aromatic carbocycles. The molecule has 0 unspecified atom stereocenters. The van der Waals surface area contributed by atoms with Gasteiger partial charge in [-0.05, 0) is 6.42 Å². The first-order chi connectivity index (χ1) is 7.26. The molecule has 0 aliphatic carbocycles. The minimum Gasteiger partial charge on any atom is -0.368 e. The monoisotopic (exact) mass is 206 g/mol. The van der Waals surface area contributed by atoms with Gasteiger partial charge in [0.2, 0.25) is 17.8 Å². The summed E-state index contributed by atoms with van der Waals surface area (Å²) >= 11 is 0. The van der Waals surface area contributed by atoms with Crippen molar-refractivity contribution in [3.05, 3.63) is 0 Å². The SMILES string of the molecule is C#CCNc1nc(N)nc(NCCC)n1. The van der Waals surface area contributed by atoms with Gasteiger partial charge in [-0.25, -0.2) is 0 Å². The number of anilines is 3. The first-order valence-electron chi connectivity index (χ1n) is 4.69. The zero-order valence-corrected chi connectivity index (χ0v) is 8.62. The average Bonchev–Trinajstić information content (AvgIpc) is 2.23. The molecule has 0 fully saturated rings. The first-order valence-corrected chi connectivity index (χ1v) is 4.69. The number of hydrogen-bond acceptors (Lipinski definition) is 6. The van der Waals surface area contributed by atoms with Crippen LogP contribution in [-0.4, -0.2) is 28.0 Å². The van der Waals surface area contributed by atoms with Crippen molar-refractivity contribution in [1.29, 1.82) is 0 Å². The van der Waals surface area contributed by atoms with E-state index in [9.17, 15) is 0 Å². The zero-order valence-electron chi connectivity index (χ0n) is 8.62. The largest absolute Gasteiger partial charge is 0.368 e. The number of nitrogens with zero attached hydrogens (tertiary/aromatic N) is 3. The number of rotatable bonds is 5. The average molecular weight is 206 g/mol. The highest BCUT2D eigenvalue weighted by molar-refractivity contribution is 5.40. The Morgan fingerprint density at radius 1 is 1.27 bits per heavy atom. The van der Waals surface area contributed by atoms with Crippen molar-refractivity contribution in [2.45, 2.75) is 13.3 Å². The first kappa shape index (κ1) is 11.0. The van der Waals surface area contributed by atoms with Gasteiger partial charge in [0.1, 0.15) is 0 Å². The molecular weight excluding hydrogens is 192 g/mol. The van der Waals surface area contributed by atoms with Gasteiger partial charge in [-0.2, -0.15) is 15.0 Å². The van der Waals surface area contributed by atoms with Crippen LogP contribution in [0.2, 0.25) is 0 Å². The molecule has 0 aliphatic heterocycles.